The maximum absolute atomic E-state index is 6.45. The molecule has 0 atom stereocenters. The van der Waals surface area contributed by atoms with Crippen LogP contribution in [0.5, 0.6) is 0 Å². The van der Waals surface area contributed by atoms with Crippen molar-refractivity contribution in [1.29, 1.82) is 0 Å². The van der Waals surface area contributed by atoms with Gasteiger partial charge in [0, 0.05) is 11.1 Å². The van der Waals surface area contributed by atoms with Gasteiger partial charge in [0.15, 0.2) is 0 Å². The summed E-state index contributed by atoms with van der Waals surface area (Å²) < 4.78 is 0.245. The van der Waals surface area contributed by atoms with Crippen molar-refractivity contribution in [3.05, 3.63) is 50.6 Å². The summed E-state index contributed by atoms with van der Waals surface area (Å²) in [6.45, 7) is 3.97. The summed E-state index contributed by atoms with van der Waals surface area (Å²) in [7, 11) is 0. The summed E-state index contributed by atoms with van der Waals surface area (Å²) in [6, 6.07) is 6.05. The lowest BCUT2D eigenvalue weighted by Gasteiger charge is -2.10. The standard InChI is InChI=1S/C14H12Cl3N/c1-8-3-5-12-11(7-8)14(17)10(9(2)18-12)4-6-13(15)16/h3,5-7H,4H2,1-2H3. The summed E-state index contributed by atoms with van der Waals surface area (Å²) in [5, 5.41) is 1.70. The number of hydrogen-bond acceptors (Lipinski definition) is 1. The van der Waals surface area contributed by atoms with E-state index in [1.54, 1.807) is 6.08 Å². The van der Waals surface area contributed by atoms with E-state index < -0.39 is 0 Å². The third-order valence-electron chi connectivity index (χ3n) is 2.84. The lowest BCUT2D eigenvalue weighted by molar-refractivity contribution is 1.13. The summed E-state index contributed by atoms with van der Waals surface area (Å²) >= 11 is 17.7. The molecule has 0 aliphatic rings. The minimum atomic E-state index is 0.245. The molecule has 0 aliphatic heterocycles. The molecular weight excluding hydrogens is 289 g/mol. The lowest BCUT2D eigenvalue weighted by Crippen LogP contribution is -1.95. The van der Waals surface area contributed by atoms with Gasteiger partial charge in [0.1, 0.15) is 4.49 Å². The number of hydrogen-bond donors (Lipinski definition) is 0. The third kappa shape index (κ3) is 2.80. The highest BCUT2D eigenvalue weighted by Crippen LogP contribution is 2.29. The molecule has 0 bridgehead atoms. The minimum Gasteiger partial charge on any atom is -0.253 e. The van der Waals surface area contributed by atoms with Gasteiger partial charge in [-0.1, -0.05) is 46.4 Å². The first kappa shape index (κ1) is 13.7. The van der Waals surface area contributed by atoms with Crippen molar-refractivity contribution in [1.82, 2.24) is 4.98 Å². The van der Waals surface area contributed by atoms with Gasteiger partial charge in [-0.2, -0.15) is 0 Å². The third-order valence-corrected chi connectivity index (χ3v) is 3.58. The number of rotatable bonds is 2. The molecular formula is C14H12Cl3N. The molecule has 0 unspecified atom stereocenters. The Hall–Kier alpha value is -0.760. The fourth-order valence-corrected chi connectivity index (χ4v) is 2.43. The average Bonchev–Trinajstić information content (AvgIpc) is 2.30. The van der Waals surface area contributed by atoms with Crippen LogP contribution in [0.15, 0.2) is 28.8 Å². The first-order valence-corrected chi connectivity index (χ1v) is 6.69. The van der Waals surface area contributed by atoms with E-state index in [2.05, 4.69) is 4.98 Å². The van der Waals surface area contributed by atoms with Gasteiger partial charge in [-0.25, -0.2) is 0 Å². The normalized spacial score (nSPS) is 10.7. The Balaban J connectivity index is 2.63. The molecule has 4 heteroatoms. The van der Waals surface area contributed by atoms with E-state index >= 15 is 0 Å². The predicted octanol–water partition coefficient (Wildman–Crippen LogP) is 5.37. The van der Waals surface area contributed by atoms with Gasteiger partial charge in [-0.05, 0) is 44.0 Å². The molecule has 0 spiro atoms. The van der Waals surface area contributed by atoms with E-state index in [9.17, 15) is 0 Å². The topological polar surface area (TPSA) is 12.9 Å². The van der Waals surface area contributed by atoms with Crippen molar-refractivity contribution < 1.29 is 0 Å². The molecule has 1 aromatic heterocycles. The van der Waals surface area contributed by atoms with Gasteiger partial charge in [0.05, 0.1) is 10.5 Å². The SMILES string of the molecule is Cc1ccc2nc(C)c(CC=C(Cl)Cl)c(Cl)c2c1. The van der Waals surface area contributed by atoms with E-state index in [4.69, 9.17) is 34.8 Å². The summed E-state index contributed by atoms with van der Waals surface area (Å²) in [4.78, 5) is 4.56. The van der Waals surface area contributed by atoms with Crippen LogP contribution in [0, 0.1) is 13.8 Å². The van der Waals surface area contributed by atoms with Gasteiger partial charge >= 0.3 is 0 Å². The van der Waals surface area contributed by atoms with Crippen LogP contribution < -0.4 is 0 Å². The first-order chi connectivity index (χ1) is 8.49. The number of pyridine rings is 1. The number of aromatic nitrogens is 1. The van der Waals surface area contributed by atoms with Crippen LogP contribution in [0.2, 0.25) is 5.02 Å². The number of nitrogens with zero attached hydrogens (tertiary/aromatic N) is 1. The molecule has 0 saturated heterocycles. The number of halogens is 3. The maximum Gasteiger partial charge on any atom is 0.103 e. The van der Waals surface area contributed by atoms with Crippen LogP contribution >= 0.6 is 34.8 Å². The van der Waals surface area contributed by atoms with Crippen molar-refractivity contribution in [3.63, 3.8) is 0 Å². The van der Waals surface area contributed by atoms with Gasteiger partial charge < -0.3 is 0 Å². The molecule has 2 rings (SSSR count). The molecule has 1 nitrogen and oxygen atoms in total. The molecule has 0 saturated carbocycles. The summed E-state index contributed by atoms with van der Waals surface area (Å²) in [6.07, 6.45) is 2.31. The molecule has 2 aromatic rings. The molecule has 1 heterocycles. The zero-order valence-electron chi connectivity index (χ0n) is 10.1. The number of aryl methyl sites for hydroxylation is 2. The summed E-state index contributed by atoms with van der Waals surface area (Å²) in [5.74, 6) is 0. The Bertz CT molecular complexity index is 628. The number of benzene rings is 1. The van der Waals surface area contributed by atoms with Gasteiger partial charge in [-0.3, -0.25) is 4.98 Å². The van der Waals surface area contributed by atoms with E-state index in [-0.39, 0.29) is 4.49 Å². The van der Waals surface area contributed by atoms with Crippen molar-refractivity contribution in [2.24, 2.45) is 0 Å². The highest BCUT2D eigenvalue weighted by molar-refractivity contribution is 6.55. The Labute approximate surface area is 121 Å². The molecule has 0 radical (unpaired) electrons. The van der Waals surface area contributed by atoms with Crippen LogP contribution in [0.1, 0.15) is 16.8 Å². The Morgan fingerprint density at radius 2 is 2.00 bits per heavy atom. The second kappa shape index (κ2) is 5.48. The zero-order valence-corrected chi connectivity index (χ0v) is 12.4. The van der Waals surface area contributed by atoms with Crippen molar-refractivity contribution in [2.45, 2.75) is 20.3 Å². The maximum atomic E-state index is 6.45. The molecule has 0 amide bonds. The van der Waals surface area contributed by atoms with E-state index in [0.29, 0.717) is 6.42 Å². The first-order valence-electron chi connectivity index (χ1n) is 5.55. The van der Waals surface area contributed by atoms with E-state index in [1.165, 1.54) is 0 Å². The predicted molar refractivity (Wildman–Crippen MR) is 79.7 cm³/mol. The lowest BCUT2D eigenvalue weighted by atomic mass is 10.1. The molecule has 18 heavy (non-hydrogen) atoms. The molecule has 0 N–H and O–H groups in total. The van der Waals surface area contributed by atoms with E-state index in [1.807, 2.05) is 32.0 Å². The Morgan fingerprint density at radius 3 is 2.67 bits per heavy atom. The number of allylic oxidation sites excluding steroid dienone is 1. The van der Waals surface area contributed by atoms with Crippen LogP contribution in [0.3, 0.4) is 0 Å². The largest absolute Gasteiger partial charge is 0.253 e. The van der Waals surface area contributed by atoms with Crippen LogP contribution in [-0.4, -0.2) is 4.98 Å². The quantitative estimate of drug-likeness (QED) is 0.727. The highest BCUT2D eigenvalue weighted by atomic mass is 35.5. The fraction of sp³-hybridized carbons (Fsp3) is 0.214. The van der Waals surface area contributed by atoms with Crippen molar-refractivity contribution in [3.8, 4) is 0 Å². The Morgan fingerprint density at radius 1 is 1.28 bits per heavy atom. The monoisotopic (exact) mass is 299 g/mol. The fourth-order valence-electron chi connectivity index (χ4n) is 1.91. The van der Waals surface area contributed by atoms with Gasteiger partial charge in [-0.15, -0.1) is 0 Å². The Kier molecular flexibility index (Phi) is 4.16. The molecule has 94 valence electrons. The second-order valence-corrected chi connectivity index (χ2v) is 5.59. The number of fused-ring (bicyclic) bond motifs is 1. The molecule has 0 aliphatic carbocycles. The van der Waals surface area contributed by atoms with Gasteiger partial charge in [0.25, 0.3) is 0 Å². The van der Waals surface area contributed by atoms with Crippen LogP contribution in [0.4, 0.5) is 0 Å². The zero-order chi connectivity index (χ0) is 13.3. The van der Waals surface area contributed by atoms with Crippen molar-refractivity contribution in [2.75, 3.05) is 0 Å². The van der Waals surface area contributed by atoms with Crippen LogP contribution in [0.25, 0.3) is 10.9 Å². The molecule has 0 fully saturated rings. The second-order valence-electron chi connectivity index (χ2n) is 4.21. The smallest absolute Gasteiger partial charge is 0.103 e. The highest BCUT2D eigenvalue weighted by Gasteiger charge is 2.10. The van der Waals surface area contributed by atoms with E-state index in [0.717, 1.165) is 32.7 Å². The molecule has 1 aromatic carbocycles. The van der Waals surface area contributed by atoms with Crippen molar-refractivity contribution >= 4 is 45.7 Å². The van der Waals surface area contributed by atoms with Gasteiger partial charge in [0.2, 0.25) is 0 Å². The minimum absolute atomic E-state index is 0.245. The summed E-state index contributed by atoms with van der Waals surface area (Å²) in [5.41, 5.74) is 3.94. The average molecular weight is 301 g/mol. The van der Waals surface area contributed by atoms with Crippen LogP contribution in [-0.2, 0) is 6.42 Å².